The van der Waals surface area contributed by atoms with Gasteiger partial charge in [-0.3, -0.25) is 10.1 Å². The summed E-state index contributed by atoms with van der Waals surface area (Å²) in [6.45, 7) is 1.87. The zero-order valence-electron chi connectivity index (χ0n) is 13.5. The summed E-state index contributed by atoms with van der Waals surface area (Å²) in [7, 11) is 0. The van der Waals surface area contributed by atoms with Crippen LogP contribution < -0.4 is 5.32 Å². The minimum Gasteiger partial charge on any atom is -0.451 e. The highest BCUT2D eigenvalue weighted by atomic mass is 79.9. The topological polar surface area (TPSA) is 68.0 Å². The lowest BCUT2D eigenvalue weighted by molar-refractivity contribution is 0.0998. The van der Waals surface area contributed by atoms with Crippen LogP contribution >= 0.6 is 50.4 Å². The Labute approximate surface area is 170 Å². The summed E-state index contributed by atoms with van der Waals surface area (Å²) in [6.07, 6.45) is 0. The molecule has 0 radical (unpaired) electrons. The largest absolute Gasteiger partial charge is 0.451 e. The molecule has 0 unspecified atom stereocenters. The molecule has 5 nitrogen and oxygen atoms in total. The Balaban J connectivity index is 1.47. The van der Waals surface area contributed by atoms with Gasteiger partial charge in [-0.1, -0.05) is 45.1 Å². The Morgan fingerprint density at radius 1 is 1.35 bits per heavy atom. The fourth-order valence-electron chi connectivity index (χ4n) is 2.41. The third-order valence-corrected chi connectivity index (χ3v) is 7.22. The number of thiophene rings is 1. The first-order chi connectivity index (χ1) is 12.6. The second-order valence-electron chi connectivity index (χ2n) is 5.39. The number of rotatable bonds is 5. The van der Waals surface area contributed by atoms with Gasteiger partial charge >= 0.3 is 0 Å². The highest BCUT2D eigenvalue weighted by Gasteiger charge is 2.19. The van der Waals surface area contributed by atoms with E-state index in [2.05, 4.69) is 42.9 Å². The molecule has 132 valence electrons. The Bertz CT molecular complexity index is 1070. The molecule has 3 aromatic heterocycles. The van der Waals surface area contributed by atoms with Crippen molar-refractivity contribution in [2.45, 2.75) is 17.0 Å². The summed E-state index contributed by atoms with van der Waals surface area (Å²) in [6, 6.07) is 9.78. The third kappa shape index (κ3) is 3.71. The van der Waals surface area contributed by atoms with Gasteiger partial charge in [-0.05, 0) is 36.6 Å². The fourth-order valence-corrected chi connectivity index (χ4v) is 5.29. The van der Waals surface area contributed by atoms with Crippen molar-refractivity contribution >= 4 is 72.4 Å². The van der Waals surface area contributed by atoms with Gasteiger partial charge in [0, 0.05) is 26.1 Å². The summed E-state index contributed by atoms with van der Waals surface area (Å²) in [5.41, 5.74) is 1.48. The molecule has 3 heterocycles. The van der Waals surface area contributed by atoms with Crippen molar-refractivity contribution in [1.29, 1.82) is 0 Å². The summed E-state index contributed by atoms with van der Waals surface area (Å²) in [4.78, 5) is 13.8. The van der Waals surface area contributed by atoms with Crippen LogP contribution in [0.1, 0.15) is 21.0 Å². The van der Waals surface area contributed by atoms with E-state index >= 15 is 0 Å². The average Bonchev–Trinajstić information content (AvgIpc) is 3.35. The standard InChI is InChI=1S/C17H12BrN3O2S3/c1-9-12-7-10(18)4-5-13(12)23-14(9)15(22)19-16-20-21-17(26-16)25-8-11-3-2-6-24-11/h2-7H,8H2,1H3,(H,19,20,22). The summed E-state index contributed by atoms with van der Waals surface area (Å²) in [5.74, 6) is 0.819. The summed E-state index contributed by atoms with van der Waals surface area (Å²) < 4.78 is 7.47. The predicted molar refractivity (Wildman–Crippen MR) is 110 cm³/mol. The second-order valence-corrected chi connectivity index (χ2v) is 9.54. The maximum atomic E-state index is 12.6. The molecule has 4 aromatic rings. The van der Waals surface area contributed by atoms with Crippen molar-refractivity contribution in [2.75, 3.05) is 5.32 Å². The first-order valence-corrected chi connectivity index (χ1v) is 11.1. The van der Waals surface area contributed by atoms with Crippen LogP contribution in [0.15, 0.2) is 48.9 Å². The number of halogens is 1. The minimum absolute atomic E-state index is 0.293. The number of furan rings is 1. The molecule has 0 bridgehead atoms. The first kappa shape index (κ1) is 17.7. The minimum atomic E-state index is -0.319. The number of amides is 1. The molecule has 0 saturated carbocycles. The van der Waals surface area contributed by atoms with Crippen LogP contribution in [0, 0.1) is 6.92 Å². The van der Waals surface area contributed by atoms with E-state index in [4.69, 9.17) is 4.42 Å². The van der Waals surface area contributed by atoms with Gasteiger partial charge in [-0.25, -0.2) is 0 Å². The van der Waals surface area contributed by atoms with Gasteiger partial charge in [0.15, 0.2) is 10.1 Å². The van der Waals surface area contributed by atoms with Crippen LogP contribution in [0.3, 0.4) is 0 Å². The summed E-state index contributed by atoms with van der Waals surface area (Å²) in [5, 5.41) is 14.4. The van der Waals surface area contributed by atoms with Crippen molar-refractivity contribution in [2.24, 2.45) is 0 Å². The van der Waals surface area contributed by atoms with Gasteiger partial charge in [0.2, 0.25) is 5.13 Å². The van der Waals surface area contributed by atoms with Gasteiger partial charge in [-0.15, -0.1) is 21.5 Å². The lowest BCUT2D eigenvalue weighted by atomic mass is 10.1. The smallest absolute Gasteiger partial charge is 0.293 e. The first-order valence-electron chi connectivity index (χ1n) is 7.59. The predicted octanol–water partition coefficient (Wildman–Crippen LogP) is 5.96. The van der Waals surface area contributed by atoms with E-state index in [0.717, 1.165) is 25.5 Å². The van der Waals surface area contributed by atoms with Crippen LogP contribution in [-0.2, 0) is 5.75 Å². The fraction of sp³-hybridized carbons (Fsp3) is 0.118. The number of carbonyl (C=O) groups is 1. The molecule has 9 heteroatoms. The molecule has 1 aromatic carbocycles. The van der Waals surface area contributed by atoms with Crippen molar-refractivity contribution in [3.63, 3.8) is 0 Å². The molecule has 0 spiro atoms. The second kappa shape index (κ2) is 7.51. The van der Waals surface area contributed by atoms with E-state index in [0.29, 0.717) is 16.5 Å². The molecule has 1 N–H and O–H groups in total. The van der Waals surface area contributed by atoms with Crippen molar-refractivity contribution in [3.8, 4) is 0 Å². The van der Waals surface area contributed by atoms with Crippen molar-refractivity contribution in [1.82, 2.24) is 10.2 Å². The SMILES string of the molecule is Cc1c(C(=O)Nc2nnc(SCc3cccs3)s2)oc2ccc(Br)cc12. The van der Waals surface area contributed by atoms with E-state index in [1.54, 1.807) is 23.1 Å². The molecule has 4 rings (SSSR count). The van der Waals surface area contributed by atoms with Crippen LogP contribution in [0.2, 0.25) is 0 Å². The molecule has 1 amide bonds. The van der Waals surface area contributed by atoms with E-state index in [9.17, 15) is 4.79 Å². The maximum absolute atomic E-state index is 12.6. The Kier molecular flexibility index (Phi) is 5.12. The van der Waals surface area contributed by atoms with E-state index < -0.39 is 0 Å². The van der Waals surface area contributed by atoms with Crippen LogP contribution in [0.4, 0.5) is 5.13 Å². The molecule has 0 atom stereocenters. The number of hydrogen-bond donors (Lipinski definition) is 1. The van der Waals surface area contributed by atoms with Gasteiger partial charge in [-0.2, -0.15) is 0 Å². The molecule has 0 aliphatic heterocycles. The molecular formula is C17H12BrN3O2S3. The van der Waals surface area contributed by atoms with E-state index in [1.807, 2.05) is 31.2 Å². The lowest BCUT2D eigenvalue weighted by Gasteiger charge is -1.98. The number of aromatic nitrogens is 2. The number of hydrogen-bond acceptors (Lipinski definition) is 7. The quantitative estimate of drug-likeness (QED) is 0.290. The normalized spacial score (nSPS) is 11.2. The number of carbonyl (C=O) groups excluding carboxylic acids is 1. The number of fused-ring (bicyclic) bond motifs is 1. The zero-order valence-corrected chi connectivity index (χ0v) is 17.5. The average molecular weight is 466 g/mol. The Morgan fingerprint density at radius 2 is 2.23 bits per heavy atom. The summed E-state index contributed by atoms with van der Waals surface area (Å²) >= 11 is 8.11. The van der Waals surface area contributed by atoms with Crippen molar-refractivity contribution < 1.29 is 9.21 Å². The van der Waals surface area contributed by atoms with Crippen molar-refractivity contribution in [3.05, 3.63) is 56.4 Å². The third-order valence-electron chi connectivity index (χ3n) is 3.65. The number of nitrogens with zero attached hydrogens (tertiary/aromatic N) is 2. The number of benzene rings is 1. The van der Waals surface area contributed by atoms with E-state index in [-0.39, 0.29) is 5.91 Å². The number of anilines is 1. The molecule has 0 aliphatic carbocycles. The Morgan fingerprint density at radius 3 is 3.04 bits per heavy atom. The number of thioether (sulfide) groups is 1. The molecule has 0 fully saturated rings. The lowest BCUT2D eigenvalue weighted by Crippen LogP contribution is -2.11. The molecule has 26 heavy (non-hydrogen) atoms. The van der Waals surface area contributed by atoms with Gasteiger partial charge < -0.3 is 4.42 Å². The maximum Gasteiger partial charge on any atom is 0.293 e. The number of aryl methyl sites for hydroxylation is 1. The van der Waals surface area contributed by atoms with Gasteiger partial charge in [0.05, 0.1) is 0 Å². The van der Waals surface area contributed by atoms with Crippen LogP contribution in [-0.4, -0.2) is 16.1 Å². The van der Waals surface area contributed by atoms with E-state index in [1.165, 1.54) is 16.2 Å². The van der Waals surface area contributed by atoms with Crippen LogP contribution in [0.5, 0.6) is 0 Å². The molecule has 0 saturated heterocycles. The van der Waals surface area contributed by atoms with Crippen LogP contribution in [0.25, 0.3) is 11.0 Å². The molecule has 0 aliphatic rings. The monoisotopic (exact) mass is 465 g/mol. The molecular weight excluding hydrogens is 454 g/mol. The highest BCUT2D eigenvalue weighted by Crippen LogP contribution is 2.31. The van der Waals surface area contributed by atoms with Gasteiger partial charge in [0.1, 0.15) is 5.58 Å². The Hall–Kier alpha value is -1.68. The number of nitrogens with one attached hydrogen (secondary N) is 1. The highest BCUT2D eigenvalue weighted by molar-refractivity contribution is 9.10. The van der Waals surface area contributed by atoms with Gasteiger partial charge in [0.25, 0.3) is 5.91 Å². The zero-order chi connectivity index (χ0) is 18.1.